The molecule has 0 heterocycles. The second kappa shape index (κ2) is 7.59. The monoisotopic (exact) mass is 302 g/mol. The molecule has 0 amide bonds. The lowest BCUT2D eigenvalue weighted by atomic mass is 10.3. The Morgan fingerprint density at radius 3 is 2.15 bits per heavy atom. The number of anilines is 1. The van der Waals surface area contributed by atoms with Gasteiger partial charge in [0, 0.05) is 13.1 Å². The number of benzene rings is 1. The van der Waals surface area contributed by atoms with Crippen molar-refractivity contribution >= 4 is 15.7 Å². The van der Waals surface area contributed by atoms with Crippen LogP contribution in [0.5, 0.6) is 0 Å². The summed E-state index contributed by atoms with van der Waals surface area (Å²) in [4.78, 5) is 0.0589. The van der Waals surface area contributed by atoms with E-state index in [4.69, 9.17) is 5.73 Å². The summed E-state index contributed by atoms with van der Waals surface area (Å²) >= 11 is 0. The zero-order valence-electron chi connectivity index (χ0n) is 12.1. The first-order chi connectivity index (χ1) is 9.43. The van der Waals surface area contributed by atoms with E-state index in [0.29, 0.717) is 13.1 Å². The minimum absolute atomic E-state index is 0.0589. The van der Waals surface area contributed by atoms with E-state index in [-0.39, 0.29) is 10.6 Å². The van der Waals surface area contributed by atoms with Crippen LogP contribution < -0.4 is 5.73 Å². The number of unbranched alkanes of at least 4 members (excludes halogenated alkanes) is 2. The first-order valence-electron chi connectivity index (χ1n) is 6.98. The lowest BCUT2D eigenvalue weighted by Crippen LogP contribution is -2.33. The number of rotatable bonds is 8. The SMILES string of the molecule is CCCCN(CCCC)S(=O)(=O)c1ccc(F)c(N)c1. The van der Waals surface area contributed by atoms with E-state index >= 15 is 0 Å². The summed E-state index contributed by atoms with van der Waals surface area (Å²) in [6.07, 6.45) is 3.45. The Kier molecular flexibility index (Phi) is 6.42. The summed E-state index contributed by atoms with van der Waals surface area (Å²) in [7, 11) is -3.60. The molecular weight excluding hydrogens is 279 g/mol. The number of nitrogens with two attached hydrogens (primary N) is 1. The van der Waals surface area contributed by atoms with E-state index < -0.39 is 15.8 Å². The van der Waals surface area contributed by atoms with Gasteiger partial charge in [0.1, 0.15) is 5.82 Å². The molecule has 0 unspecified atom stereocenters. The van der Waals surface area contributed by atoms with Crippen LogP contribution >= 0.6 is 0 Å². The highest BCUT2D eigenvalue weighted by atomic mass is 32.2. The van der Waals surface area contributed by atoms with Crippen LogP contribution in [0.3, 0.4) is 0 Å². The molecule has 0 aliphatic carbocycles. The van der Waals surface area contributed by atoms with E-state index in [1.165, 1.54) is 16.4 Å². The largest absolute Gasteiger partial charge is 0.396 e. The highest BCUT2D eigenvalue weighted by Gasteiger charge is 2.24. The summed E-state index contributed by atoms with van der Waals surface area (Å²) in [5, 5.41) is 0. The summed E-state index contributed by atoms with van der Waals surface area (Å²) in [6, 6.07) is 3.56. The average molecular weight is 302 g/mol. The molecule has 20 heavy (non-hydrogen) atoms. The Labute approximate surface area is 120 Å². The van der Waals surface area contributed by atoms with Gasteiger partial charge in [0.25, 0.3) is 0 Å². The minimum Gasteiger partial charge on any atom is -0.396 e. The van der Waals surface area contributed by atoms with E-state index in [1.54, 1.807) is 0 Å². The Morgan fingerprint density at radius 1 is 1.15 bits per heavy atom. The van der Waals surface area contributed by atoms with Crippen molar-refractivity contribution in [1.82, 2.24) is 4.31 Å². The maximum absolute atomic E-state index is 13.2. The number of nitrogens with zero attached hydrogens (tertiary/aromatic N) is 1. The lowest BCUT2D eigenvalue weighted by molar-refractivity contribution is 0.395. The fourth-order valence-corrected chi connectivity index (χ4v) is 3.41. The molecule has 0 spiro atoms. The highest BCUT2D eigenvalue weighted by Crippen LogP contribution is 2.21. The van der Waals surface area contributed by atoms with Crippen molar-refractivity contribution in [3.63, 3.8) is 0 Å². The Balaban J connectivity index is 3.03. The van der Waals surface area contributed by atoms with Crippen molar-refractivity contribution in [2.24, 2.45) is 0 Å². The maximum atomic E-state index is 13.2. The molecule has 0 aliphatic rings. The summed E-state index contributed by atoms with van der Waals surface area (Å²) in [5.74, 6) is -0.599. The summed E-state index contributed by atoms with van der Waals surface area (Å²) in [5.41, 5.74) is 5.32. The first-order valence-corrected chi connectivity index (χ1v) is 8.42. The molecule has 6 heteroatoms. The second-order valence-electron chi connectivity index (χ2n) is 4.79. The van der Waals surface area contributed by atoms with E-state index in [2.05, 4.69) is 0 Å². The Hall–Kier alpha value is -1.14. The lowest BCUT2D eigenvalue weighted by Gasteiger charge is -2.22. The van der Waals surface area contributed by atoms with Crippen LogP contribution in [0.1, 0.15) is 39.5 Å². The number of nitrogen functional groups attached to an aromatic ring is 1. The molecule has 114 valence electrons. The van der Waals surface area contributed by atoms with Gasteiger partial charge in [-0.15, -0.1) is 0 Å². The summed E-state index contributed by atoms with van der Waals surface area (Å²) < 4.78 is 39.7. The van der Waals surface area contributed by atoms with Crippen molar-refractivity contribution in [3.8, 4) is 0 Å². The van der Waals surface area contributed by atoms with Gasteiger partial charge in [-0.1, -0.05) is 26.7 Å². The van der Waals surface area contributed by atoms with Crippen molar-refractivity contribution in [2.45, 2.75) is 44.4 Å². The summed E-state index contributed by atoms with van der Waals surface area (Å²) in [6.45, 7) is 4.99. The smallest absolute Gasteiger partial charge is 0.243 e. The fraction of sp³-hybridized carbons (Fsp3) is 0.571. The van der Waals surface area contributed by atoms with Gasteiger partial charge in [-0.3, -0.25) is 0 Å². The van der Waals surface area contributed by atoms with Gasteiger partial charge in [-0.25, -0.2) is 12.8 Å². The quantitative estimate of drug-likeness (QED) is 0.751. The van der Waals surface area contributed by atoms with Gasteiger partial charge in [0.15, 0.2) is 0 Å². The highest BCUT2D eigenvalue weighted by molar-refractivity contribution is 7.89. The molecule has 0 fully saturated rings. The Morgan fingerprint density at radius 2 is 1.70 bits per heavy atom. The zero-order valence-corrected chi connectivity index (χ0v) is 12.9. The fourth-order valence-electron chi connectivity index (χ4n) is 1.85. The number of hydrogen-bond acceptors (Lipinski definition) is 3. The van der Waals surface area contributed by atoms with E-state index in [0.717, 1.165) is 31.7 Å². The molecule has 0 aliphatic heterocycles. The molecular formula is C14H23FN2O2S. The number of hydrogen-bond donors (Lipinski definition) is 1. The van der Waals surface area contributed by atoms with Crippen molar-refractivity contribution in [1.29, 1.82) is 0 Å². The standard InChI is InChI=1S/C14H23FN2O2S/c1-3-5-9-17(10-6-4-2)20(18,19)12-7-8-13(15)14(16)11-12/h7-8,11H,3-6,9-10,16H2,1-2H3. The van der Waals surface area contributed by atoms with Crippen molar-refractivity contribution in [2.75, 3.05) is 18.8 Å². The van der Waals surface area contributed by atoms with Crippen LogP contribution in [0, 0.1) is 5.82 Å². The molecule has 0 saturated carbocycles. The van der Waals surface area contributed by atoms with Crippen molar-refractivity contribution < 1.29 is 12.8 Å². The topological polar surface area (TPSA) is 63.4 Å². The van der Waals surface area contributed by atoms with Gasteiger partial charge in [0.05, 0.1) is 10.6 Å². The van der Waals surface area contributed by atoms with Gasteiger partial charge in [0.2, 0.25) is 10.0 Å². The van der Waals surface area contributed by atoms with Crippen molar-refractivity contribution in [3.05, 3.63) is 24.0 Å². The third-order valence-electron chi connectivity index (χ3n) is 3.13. The third kappa shape index (κ3) is 4.18. The molecule has 0 aromatic heterocycles. The third-order valence-corrected chi connectivity index (χ3v) is 5.02. The number of sulfonamides is 1. The molecule has 0 bridgehead atoms. The van der Waals surface area contributed by atoms with Crippen LogP contribution in [-0.4, -0.2) is 25.8 Å². The molecule has 1 aromatic rings. The van der Waals surface area contributed by atoms with E-state index in [1.807, 2.05) is 13.8 Å². The normalized spacial score (nSPS) is 12.0. The van der Waals surface area contributed by atoms with Gasteiger partial charge < -0.3 is 5.73 Å². The van der Waals surface area contributed by atoms with Crippen LogP contribution in [0.4, 0.5) is 10.1 Å². The molecule has 0 atom stereocenters. The molecule has 2 N–H and O–H groups in total. The van der Waals surface area contributed by atoms with Gasteiger partial charge >= 0.3 is 0 Å². The first kappa shape index (κ1) is 16.9. The predicted molar refractivity (Wildman–Crippen MR) is 79.4 cm³/mol. The Bertz CT molecular complexity index is 524. The minimum atomic E-state index is -3.60. The maximum Gasteiger partial charge on any atom is 0.243 e. The predicted octanol–water partition coefficient (Wildman–Crippen LogP) is 3.00. The van der Waals surface area contributed by atoms with Crippen LogP contribution in [0.25, 0.3) is 0 Å². The molecule has 4 nitrogen and oxygen atoms in total. The molecule has 1 aromatic carbocycles. The zero-order chi connectivity index (χ0) is 15.2. The van der Waals surface area contributed by atoms with Crippen LogP contribution in [-0.2, 0) is 10.0 Å². The van der Waals surface area contributed by atoms with Crippen LogP contribution in [0.15, 0.2) is 23.1 Å². The van der Waals surface area contributed by atoms with Gasteiger partial charge in [-0.05, 0) is 31.0 Å². The molecule has 0 radical (unpaired) electrons. The second-order valence-corrected chi connectivity index (χ2v) is 6.73. The molecule has 0 saturated heterocycles. The average Bonchev–Trinajstić information content (AvgIpc) is 2.41. The van der Waals surface area contributed by atoms with Crippen LogP contribution in [0.2, 0.25) is 0 Å². The number of halogens is 1. The molecule has 1 rings (SSSR count). The van der Waals surface area contributed by atoms with E-state index in [9.17, 15) is 12.8 Å². The van der Waals surface area contributed by atoms with Gasteiger partial charge in [-0.2, -0.15) is 4.31 Å².